The minimum atomic E-state index is -0.316. The molecule has 0 amide bonds. The fourth-order valence-corrected chi connectivity index (χ4v) is 3.31. The van der Waals surface area contributed by atoms with Crippen molar-refractivity contribution in [1.29, 1.82) is 0 Å². The molecular weight excluding hydrogens is 333 g/mol. The summed E-state index contributed by atoms with van der Waals surface area (Å²) in [4.78, 5) is 14.0. The number of nitrogens with zero attached hydrogens (tertiary/aromatic N) is 2. The molecule has 8 heteroatoms. The Labute approximate surface area is 141 Å². The van der Waals surface area contributed by atoms with Gasteiger partial charge in [-0.15, -0.1) is 31.4 Å². The lowest BCUT2D eigenvalue weighted by atomic mass is 10.0. The van der Waals surface area contributed by atoms with Crippen molar-refractivity contribution in [2.24, 2.45) is 0 Å². The van der Waals surface area contributed by atoms with E-state index >= 15 is 0 Å². The summed E-state index contributed by atoms with van der Waals surface area (Å²) in [5, 5.41) is 14.4. The molecule has 0 radical (unpaired) electrons. The predicted octanol–water partition coefficient (Wildman–Crippen LogP) is 3.41. The van der Waals surface area contributed by atoms with Crippen LogP contribution >= 0.6 is 36.2 Å². The first-order valence-corrected chi connectivity index (χ1v) is 7.23. The highest BCUT2D eigenvalue weighted by molar-refractivity contribution is 7.15. The van der Waals surface area contributed by atoms with Gasteiger partial charge in [-0.1, -0.05) is 16.9 Å². The van der Waals surface area contributed by atoms with Crippen LogP contribution in [0.25, 0.3) is 0 Å². The van der Waals surface area contributed by atoms with E-state index in [2.05, 4.69) is 16.8 Å². The van der Waals surface area contributed by atoms with E-state index < -0.39 is 0 Å². The van der Waals surface area contributed by atoms with Gasteiger partial charge in [0, 0.05) is 43.2 Å². The van der Waals surface area contributed by atoms with E-state index in [1.165, 1.54) is 11.3 Å². The molecule has 0 aliphatic carbocycles. The Morgan fingerprint density at radius 1 is 1.48 bits per heavy atom. The number of halogens is 2. The molecule has 0 spiro atoms. The van der Waals surface area contributed by atoms with Crippen molar-refractivity contribution in [1.82, 2.24) is 10.2 Å². The Morgan fingerprint density at radius 3 is 2.57 bits per heavy atom. The quantitative estimate of drug-likeness (QED) is 0.500. The van der Waals surface area contributed by atoms with Crippen LogP contribution in [0.4, 0.5) is 5.00 Å². The molecule has 120 valence electrons. The molecule has 1 atom stereocenters. The Bertz CT molecular complexity index is 476. The van der Waals surface area contributed by atoms with Crippen LogP contribution in [0.5, 0.6) is 0 Å². The zero-order valence-electron chi connectivity index (χ0n) is 11.9. The molecule has 1 aliphatic heterocycles. The average molecular weight is 354 g/mol. The predicted molar refractivity (Wildman–Crippen MR) is 92.1 cm³/mol. The summed E-state index contributed by atoms with van der Waals surface area (Å²) >= 11 is 1.28. The monoisotopic (exact) mass is 353 g/mol. The molecule has 1 aromatic heterocycles. The van der Waals surface area contributed by atoms with Gasteiger partial charge in [0.05, 0.1) is 4.92 Å². The van der Waals surface area contributed by atoms with Crippen molar-refractivity contribution < 1.29 is 4.92 Å². The Hall–Kier alpha value is -0.660. The van der Waals surface area contributed by atoms with Crippen molar-refractivity contribution in [3.63, 3.8) is 0 Å². The fraction of sp³-hybridized carbons (Fsp3) is 0.538. The van der Waals surface area contributed by atoms with E-state index in [4.69, 9.17) is 0 Å². The van der Waals surface area contributed by atoms with Crippen molar-refractivity contribution in [3.8, 4) is 0 Å². The highest BCUT2D eigenvalue weighted by Crippen LogP contribution is 2.35. The zero-order chi connectivity index (χ0) is 13.8. The molecule has 0 aromatic carbocycles. The molecule has 1 aromatic rings. The number of nitro groups is 1. The van der Waals surface area contributed by atoms with Gasteiger partial charge < -0.3 is 5.32 Å². The molecule has 1 fully saturated rings. The van der Waals surface area contributed by atoms with E-state index in [1.54, 1.807) is 6.07 Å². The fourth-order valence-electron chi connectivity index (χ4n) is 2.35. The van der Waals surface area contributed by atoms with Crippen LogP contribution in [-0.2, 0) is 0 Å². The van der Waals surface area contributed by atoms with Crippen molar-refractivity contribution in [2.45, 2.75) is 19.4 Å². The molecule has 0 bridgehead atoms. The first kappa shape index (κ1) is 20.3. The van der Waals surface area contributed by atoms with Gasteiger partial charge in [-0.2, -0.15) is 0 Å². The Morgan fingerprint density at radius 2 is 2.10 bits per heavy atom. The molecule has 21 heavy (non-hydrogen) atoms. The van der Waals surface area contributed by atoms with Crippen LogP contribution < -0.4 is 5.32 Å². The average Bonchev–Trinajstić information content (AvgIpc) is 2.86. The normalized spacial score (nSPS) is 16.4. The lowest BCUT2D eigenvalue weighted by molar-refractivity contribution is -0.380. The van der Waals surface area contributed by atoms with Gasteiger partial charge in [0.25, 0.3) is 0 Å². The third-order valence-electron chi connectivity index (χ3n) is 3.26. The number of thiophene rings is 1. The van der Waals surface area contributed by atoms with Gasteiger partial charge in [-0.3, -0.25) is 15.0 Å². The smallest absolute Gasteiger partial charge is 0.314 e. The van der Waals surface area contributed by atoms with Crippen LogP contribution in [0.15, 0.2) is 24.3 Å². The van der Waals surface area contributed by atoms with E-state index in [0.717, 1.165) is 43.1 Å². The van der Waals surface area contributed by atoms with Crippen LogP contribution in [-0.4, -0.2) is 36.0 Å². The third kappa shape index (κ3) is 5.56. The molecule has 2 rings (SSSR count). The van der Waals surface area contributed by atoms with Gasteiger partial charge >= 0.3 is 5.00 Å². The second-order valence-electron chi connectivity index (χ2n) is 4.90. The second kappa shape index (κ2) is 9.38. The third-order valence-corrected chi connectivity index (χ3v) is 4.39. The largest absolute Gasteiger partial charge is 0.324 e. The zero-order valence-corrected chi connectivity index (χ0v) is 14.4. The lowest BCUT2D eigenvalue weighted by Gasteiger charge is -2.34. The molecule has 1 aliphatic rings. The maximum atomic E-state index is 10.8. The van der Waals surface area contributed by atoms with Crippen molar-refractivity contribution in [3.05, 3.63) is 39.3 Å². The standard InChI is InChI=1S/C13H19N3O2S.2ClH/c1-10(2)9-11(15-7-5-14-6-8-15)12-3-4-13(19-12)16(17)18;;/h3-4,11,14H,1,5-9H2,2H3;2*1H/t11-;;/m0../s1. The highest BCUT2D eigenvalue weighted by Gasteiger charge is 2.25. The van der Waals surface area contributed by atoms with Crippen LogP contribution in [0, 0.1) is 10.1 Å². The van der Waals surface area contributed by atoms with Crippen LogP contribution in [0.2, 0.25) is 0 Å². The number of hydrogen-bond donors (Lipinski definition) is 1. The minimum Gasteiger partial charge on any atom is -0.314 e. The maximum Gasteiger partial charge on any atom is 0.324 e. The van der Waals surface area contributed by atoms with Gasteiger partial charge in [0.1, 0.15) is 0 Å². The molecule has 5 nitrogen and oxygen atoms in total. The summed E-state index contributed by atoms with van der Waals surface area (Å²) in [6.45, 7) is 9.89. The van der Waals surface area contributed by atoms with Gasteiger partial charge in [-0.25, -0.2) is 0 Å². The Kier molecular flexibility index (Phi) is 9.08. The summed E-state index contributed by atoms with van der Waals surface area (Å²) in [6, 6.07) is 3.71. The molecule has 1 N–H and O–H groups in total. The second-order valence-corrected chi connectivity index (χ2v) is 5.99. The number of piperazine rings is 1. The van der Waals surface area contributed by atoms with Crippen molar-refractivity contribution in [2.75, 3.05) is 26.2 Å². The lowest BCUT2D eigenvalue weighted by Crippen LogP contribution is -2.45. The summed E-state index contributed by atoms with van der Waals surface area (Å²) in [6.07, 6.45) is 0.859. The summed E-state index contributed by atoms with van der Waals surface area (Å²) in [5.41, 5.74) is 1.11. The molecule has 0 saturated carbocycles. The van der Waals surface area contributed by atoms with Crippen molar-refractivity contribution >= 4 is 41.2 Å². The minimum absolute atomic E-state index is 0. The SMILES string of the molecule is C=C(C)C[C@@H](c1ccc([N+](=O)[O-])s1)N1CCNCC1.Cl.Cl. The number of rotatable bonds is 5. The Balaban J connectivity index is 0.00000200. The first-order chi connectivity index (χ1) is 9.08. The van der Waals surface area contributed by atoms with E-state index in [9.17, 15) is 10.1 Å². The molecule has 2 heterocycles. The van der Waals surface area contributed by atoms with E-state index in [-0.39, 0.29) is 40.8 Å². The number of nitrogens with one attached hydrogen (secondary N) is 1. The van der Waals surface area contributed by atoms with Gasteiger partial charge in [0.15, 0.2) is 0 Å². The molecule has 0 unspecified atom stereocenters. The van der Waals surface area contributed by atoms with E-state index in [0.29, 0.717) is 0 Å². The maximum absolute atomic E-state index is 10.8. The highest BCUT2D eigenvalue weighted by atomic mass is 35.5. The van der Waals surface area contributed by atoms with Crippen LogP contribution in [0.3, 0.4) is 0 Å². The summed E-state index contributed by atoms with van der Waals surface area (Å²) in [7, 11) is 0. The number of hydrogen-bond acceptors (Lipinski definition) is 5. The molecular formula is C13H21Cl2N3O2S. The summed E-state index contributed by atoms with van der Waals surface area (Å²) < 4.78 is 0. The topological polar surface area (TPSA) is 58.4 Å². The van der Waals surface area contributed by atoms with E-state index in [1.807, 2.05) is 13.0 Å². The van der Waals surface area contributed by atoms with Gasteiger partial charge in [0.2, 0.25) is 0 Å². The van der Waals surface area contributed by atoms with Crippen LogP contribution in [0.1, 0.15) is 24.3 Å². The molecule has 1 saturated heterocycles. The summed E-state index contributed by atoms with van der Waals surface area (Å²) in [5.74, 6) is 0. The first-order valence-electron chi connectivity index (χ1n) is 6.41. The van der Waals surface area contributed by atoms with Gasteiger partial charge in [-0.05, 0) is 19.4 Å².